The van der Waals surface area contributed by atoms with Crippen LogP contribution in [0.3, 0.4) is 0 Å². The van der Waals surface area contributed by atoms with Gasteiger partial charge in [0.15, 0.2) is 0 Å². The summed E-state index contributed by atoms with van der Waals surface area (Å²) >= 11 is 0. The first-order valence-electron chi connectivity index (χ1n) is 6.00. The minimum absolute atomic E-state index is 0.195. The van der Waals surface area contributed by atoms with Gasteiger partial charge in [-0.3, -0.25) is 4.90 Å². The molecule has 0 aliphatic rings. The molecule has 0 bridgehead atoms. The van der Waals surface area contributed by atoms with Crippen LogP contribution in [-0.4, -0.2) is 75.5 Å². The zero-order valence-electron chi connectivity index (χ0n) is 10.1. The molecule has 0 aliphatic carbocycles. The molecule has 0 heterocycles. The Hall–Kier alpha value is -0.240. The Bertz CT molecular complexity index is 130. The van der Waals surface area contributed by atoms with Crippen molar-refractivity contribution < 1.29 is 5.11 Å². The van der Waals surface area contributed by atoms with Crippen molar-refractivity contribution in [2.75, 3.05) is 65.5 Å². The van der Waals surface area contributed by atoms with Crippen LogP contribution in [-0.2, 0) is 0 Å². The summed E-state index contributed by atoms with van der Waals surface area (Å²) in [6.45, 7) is 7.75. The molecule has 6 heteroatoms. The van der Waals surface area contributed by atoms with Gasteiger partial charge in [0.2, 0.25) is 0 Å². The van der Waals surface area contributed by atoms with Crippen molar-refractivity contribution in [3.8, 4) is 0 Å². The molecule has 7 N–H and O–H groups in total. The molecule has 98 valence electrons. The number of nitrogens with two attached hydrogens (primary N) is 2. The molecule has 0 radical (unpaired) electrons. The summed E-state index contributed by atoms with van der Waals surface area (Å²) in [5.41, 5.74) is 11.0. The zero-order chi connectivity index (χ0) is 12.1. The van der Waals surface area contributed by atoms with E-state index in [0.29, 0.717) is 19.6 Å². The van der Waals surface area contributed by atoms with Crippen LogP contribution >= 0.6 is 0 Å². The second-order valence-electron chi connectivity index (χ2n) is 3.64. The Balaban J connectivity index is 3.25. The Labute approximate surface area is 98.4 Å². The number of nitrogens with one attached hydrogen (secondary N) is 2. The number of hydrogen-bond donors (Lipinski definition) is 5. The second-order valence-corrected chi connectivity index (χ2v) is 3.64. The van der Waals surface area contributed by atoms with Crippen LogP contribution < -0.4 is 22.1 Å². The van der Waals surface area contributed by atoms with Gasteiger partial charge >= 0.3 is 0 Å². The molecule has 0 rings (SSSR count). The molecule has 0 unspecified atom stereocenters. The number of aliphatic hydroxyl groups excluding tert-OH is 1. The molecule has 0 saturated heterocycles. The van der Waals surface area contributed by atoms with Crippen LogP contribution in [0.2, 0.25) is 0 Å². The maximum atomic E-state index is 8.55. The van der Waals surface area contributed by atoms with Gasteiger partial charge in [-0.15, -0.1) is 0 Å². The van der Waals surface area contributed by atoms with E-state index in [9.17, 15) is 0 Å². The van der Waals surface area contributed by atoms with E-state index < -0.39 is 0 Å². The van der Waals surface area contributed by atoms with E-state index in [1.54, 1.807) is 0 Å². The third-order valence-corrected chi connectivity index (χ3v) is 2.26. The summed E-state index contributed by atoms with van der Waals surface area (Å²) in [6, 6.07) is 0. The smallest absolute Gasteiger partial charge is 0.0555 e. The third-order valence-electron chi connectivity index (χ3n) is 2.26. The first-order valence-corrected chi connectivity index (χ1v) is 6.00. The van der Waals surface area contributed by atoms with Gasteiger partial charge in [-0.2, -0.15) is 0 Å². The summed E-state index contributed by atoms with van der Waals surface area (Å²) in [5, 5.41) is 15.0. The van der Waals surface area contributed by atoms with Gasteiger partial charge in [-0.25, -0.2) is 0 Å². The fourth-order valence-corrected chi connectivity index (χ4v) is 1.44. The molecule has 0 aromatic rings. The van der Waals surface area contributed by atoms with Gasteiger partial charge < -0.3 is 27.2 Å². The van der Waals surface area contributed by atoms with E-state index in [4.69, 9.17) is 16.6 Å². The lowest BCUT2D eigenvalue weighted by Gasteiger charge is -2.20. The molecular formula is C10H27N5O. The quantitative estimate of drug-likeness (QED) is 0.237. The largest absolute Gasteiger partial charge is 0.395 e. The lowest BCUT2D eigenvalue weighted by molar-refractivity contribution is 0.284. The van der Waals surface area contributed by atoms with Crippen molar-refractivity contribution in [3.05, 3.63) is 0 Å². The minimum Gasteiger partial charge on any atom is -0.395 e. The van der Waals surface area contributed by atoms with Crippen LogP contribution in [0.4, 0.5) is 0 Å². The van der Waals surface area contributed by atoms with Crippen LogP contribution in [0, 0.1) is 0 Å². The van der Waals surface area contributed by atoms with Crippen molar-refractivity contribution in [3.63, 3.8) is 0 Å². The van der Waals surface area contributed by atoms with E-state index in [-0.39, 0.29) is 6.61 Å². The lowest BCUT2D eigenvalue weighted by Crippen LogP contribution is -2.39. The highest BCUT2D eigenvalue weighted by Crippen LogP contribution is 1.83. The first-order chi connectivity index (χ1) is 7.85. The van der Waals surface area contributed by atoms with Gasteiger partial charge in [0.25, 0.3) is 0 Å². The molecule has 0 aliphatic heterocycles. The molecule has 0 aromatic carbocycles. The second kappa shape index (κ2) is 12.8. The topological polar surface area (TPSA) is 99.6 Å². The maximum Gasteiger partial charge on any atom is 0.0555 e. The zero-order valence-corrected chi connectivity index (χ0v) is 10.1. The van der Waals surface area contributed by atoms with Gasteiger partial charge in [-0.1, -0.05) is 0 Å². The number of aliphatic hydroxyl groups is 1. The van der Waals surface area contributed by atoms with Crippen molar-refractivity contribution in [1.29, 1.82) is 0 Å². The van der Waals surface area contributed by atoms with E-state index in [1.807, 2.05) is 0 Å². The lowest BCUT2D eigenvalue weighted by atomic mass is 10.4. The average molecular weight is 233 g/mol. The standard InChI is InChI=1S/C10H27N5O/c11-1-7-15(8-2-12)9-5-13-3-4-14-6-10-16/h13-14,16H,1-12H2. The van der Waals surface area contributed by atoms with Crippen molar-refractivity contribution in [1.82, 2.24) is 15.5 Å². The van der Waals surface area contributed by atoms with E-state index >= 15 is 0 Å². The maximum absolute atomic E-state index is 8.55. The highest BCUT2D eigenvalue weighted by atomic mass is 16.3. The number of nitrogens with zero attached hydrogens (tertiary/aromatic N) is 1. The molecule has 0 aromatic heterocycles. The predicted octanol–water partition coefficient (Wildman–Crippen LogP) is -2.62. The van der Waals surface area contributed by atoms with Crippen LogP contribution in [0.5, 0.6) is 0 Å². The summed E-state index contributed by atoms with van der Waals surface area (Å²) in [6.07, 6.45) is 0. The third kappa shape index (κ3) is 10.3. The summed E-state index contributed by atoms with van der Waals surface area (Å²) in [5.74, 6) is 0. The Morgan fingerprint density at radius 2 is 1.38 bits per heavy atom. The number of rotatable bonds is 12. The SMILES string of the molecule is NCCN(CCN)CCNCCNCCO. The molecule has 0 amide bonds. The molecule has 16 heavy (non-hydrogen) atoms. The minimum atomic E-state index is 0.195. The highest BCUT2D eigenvalue weighted by molar-refractivity contribution is 4.61. The van der Waals surface area contributed by atoms with Gasteiger partial charge in [0.05, 0.1) is 6.61 Å². The van der Waals surface area contributed by atoms with Crippen LogP contribution in [0.25, 0.3) is 0 Å². The van der Waals surface area contributed by atoms with Crippen LogP contribution in [0.1, 0.15) is 0 Å². The monoisotopic (exact) mass is 233 g/mol. The van der Waals surface area contributed by atoms with E-state index in [2.05, 4.69) is 15.5 Å². The Morgan fingerprint density at radius 1 is 0.812 bits per heavy atom. The van der Waals surface area contributed by atoms with E-state index in [0.717, 1.165) is 39.3 Å². The Morgan fingerprint density at radius 3 is 1.88 bits per heavy atom. The molecule has 0 fully saturated rings. The predicted molar refractivity (Wildman–Crippen MR) is 67.4 cm³/mol. The summed E-state index contributed by atoms with van der Waals surface area (Å²) < 4.78 is 0. The van der Waals surface area contributed by atoms with Gasteiger partial charge in [0, 0.05) is 58.9 Å². The average Bonchev–Trinajstić information content (AvgIpc) is 2.28. The van der Waals surface area contributed by atoms with E-state index in [1.165, 1.54) is 0 Å². The first kappa shape index (κ1) is 15.8. The van der Waals surface area contributed by atoms with Crippen LogP contribution in [0.15, 0.2) is 0 Å². The van der Waals surface area contributed by atoms with Crippen molar-refractivity contribution >= 4 is 0 Å². The van der Waals surface area contributed by atoms with Crippen molar-refractivity contribution in [2.45, 2.75) is 0 Å². The molecule has 0 atom stereocenters. The fraction of sp³-hybridized carbons (Fsp3) is 1.00. The highest BCUT2D eigenvalue weighted by Gasteiger charge is 2.01. The summed E-state index contributed by atoms with van der Waals surface area (Å²) in [7, 11) is 0. The molecule has 6 nitrogen and oxygen atoms in total. The molecule has 0 saturated carbocycles. The van der Waals surface area contributed by atoms with Gasteiger partial charge in [0.1, 0.15) is 0 Å². The number of hydrogen-bond acceptors (Lipinski definition) is 6. The molecular weight excluding hydrogens is 206 g/mol. The molecule has 0 spiro atoms. The summed E-state index contributed by atoms with van der Waals surface area (Å²) in [4.78, 5) is 2.26. The Kier molecular flexibility index (Phi) is 12.6. The fourth-order valence-electron chi connectivity index (χ4n) is 1.44. The normalized spacial score (nSPS) is 11.2. The van der Waals surface area contributed by atoms with Crippen molar-refractivity contribution in [2.24, 2.45) is 11.5 Å². The van der Waals surface area contributed by atoms with Gasteiger partial charge in [-0.05, 0) is 0 Å².